The van der Waals surface area contributed by atoms with E-state index < -0.39 is 0 Å². The predicted molar refractivity (Wildman–Crippen MR) is 94.0 cm³/mol. The van der Waals surface area contributed by atoms with Crippen molar-refractivity contribution in [3.8, 4) is 28.3 Å². The van der Waals surface area contributed by atoms with Crippen molar-refractivity contribution < 1.29 is 4.74 Å². The average Bonchev–Trinajstić information content (AvgIpc) is 2.62. The summed E-state index contributed by atoms with van der Waals surface area (Å²) in [5, 5.41) is 9.85. The number of benzene rings is 2. The summed E-state index contributed by atoms with van der Waals surface area (Å²) >= 11 is 7.44. The highest BCUT2D eigenvalue weighted by molar-refractivity contribution is 7.98. The standard InChI is InChI=1S/C17H14ClN3OS/c1-22-14-9-5-12(6-10-14)16-15(19-17(23-2)21-20-16)11-3-7-13(18)8-4-11/h3-10H,1-2H3. The molecular formula is C17H14ClN3OS. The van der Waals surface area contributed by atoms with Gasteiger partial charge in [-0.05, 0) is 42.7 Å². The first-order chi connectivity index (χ1) is 11.2. The molecule has 116 valence electrons. The number of hydrogen-bond acceptors (Lipinski definition) is 5. The number of halogens is 1. The van der Waals surface area contributed by atoms with Crippen molar-refractivity contribution in [1.82, 2.24) is 15.2 Å². The number of rotatable bonds is 4. The molecule has 0 aliphatic carbocycles. The number of nitrogens with zero attached hydrogens (tertiary/aromatic N) is 3. The Morgan fingerprint density at radius 2 is 1.48 bits per heavy atom. The fourth-order valence-corrected chi connectivity index (χ4v) is 2.58. The molecule has 0 atom stereocenters. The molecule has 3 aromatic rings. The molecule has 4 nitrogen and oxygen atoms in total. The zero-order valence-electron chi connectivity index (χ0n) is 12.7. The van der Waals surface area contributed by atoms with Crippen LogP contribution in [0.5, 0.6) is 5.75 Å². The van der Waals surface area contributed by atoms with Crippen LogP contribution in [0.1, 0.15) is 0 Å². The SMILES string of the molecule is COc1ccc(-c2nnc(SC)nc2-c2ccc(Cl)cc2)cc1. The van der Waals surface area contributed by atoms with E-state index in [0.717, 1.165) is 28.3 Å². The lowest BCUT2D eigenvalue weighted by atomic mass is 10.0. The molecule has 0 spiro atoms. The summed E-state index contributed by atoms with van der Waals surface area (Å²) in [5.41, 5.74) is 3.40. The Hall–Kier alpha value is -2.11. The molecule has 0 radical (unpaired) electrons. The monoisotopic (exact) mass is 343 g/mol. The minimum Gasteiger partial charge on any atom is -0.497 e. The number of aromatic nitrogens is 3. The minimum absolute atomic E-state index is 0.632. The van der Waals surface area contributed by atoms with E-state index >= 15 is 0 Å². The summed E-state index contributed by atoms with van der Waals surface area (Å²) in [6.07, 6.45) is 1.93. The molecule has 0 bridgehead atoms. The molecule has 3 rings (SSSR count). The molecule has 0 N–H and O–H groups in total. The lowest BCUT2D eigenvalue weighted by Crippen LogP contribution is -1.98. The Labute approximate surface area is 143 Å². The second-order valence-electron chi connectivity index (χ2n) is 4.73. The topological polar surface area (TPSA) is 47.9 Å². The maximum absolute atomic E-state index is 5.98. The zero-order chi connectivity index (χ0) is 16.2. The van der Waals surface area contributed by atoms with Crippen LogP contribution in [0, 0.1) is 0 Å². The van der Waals surface area contributed by atoms with E-state index in [1.165, 1.54) is 11.8 Å². The Morgan fingerprint density at radius 3 is 2.09 bits per heavy atom. The van der Waals surface area contributed by atoms with Crippen molar-refractivity contribution in [2.45, 2.75) is 5.16 Å². The van der Waals surface area contributed by atoms with E-state index in [1.54, 1.807) is 7.11 Å². The first-order valence-corrected chi connectivity index (χ1v) is 8.50. The molecule has 6 heteroatoms. The van der Waals surface area contributed by atoms with E-state index in [4.69, 9.17) is 16.3 Å². The molecule has 23 heavy (non-hydrogen) atoms. The van der Waals surface area contributed by atoms with E-state index in [9.17, 15) is 0 Å². The highest BCUT2D eigenvalue weighted by atomic mass is 35.5. The van der Waals surface area contributed by atoms with Crippen LogP contribution >= 0.6 is 23.4 Å². The van der Waals surface area contributed by atoms with Gasteiger partial charge in [-0.25, -0.2) is 4.98 Å². The lowest BCUT2D eigenvalue weighted by molar-refractivity contribution is 0.415. The van der Waals surface area contributed by atoms with Crippen molar-refractivity contribution >= 4 is 23.4 Å². The summed E-state index contributed by atoms with van der Waals surface area (Å²) in [6, 6.07) is 15.2. The van der Waals surface area contributed by atoms with Crippen LogP contribution in [0.2, 0.25) is 5.02 Å². The second kappa shape index (κ2) is 6.98. The third-order valence-electron chi connectivity index (χ3n) is 3.33. The van der Waals surface area contributed by atoms with Gasteiger partial charge in [-0.3, -0.25) is 0 Å². The summed E-state index contributed by atoms with van der Waals surface area (Å²) < 4.78 is 5.20. The third kappa shape index (κ3) is 3.46. The first-order valence-electron chi connectivity index (χ1n) is 6.90. The third-order valence-corrected chi connectivity index (χ3v) is 4.12. The molecule has 0 unspecified atom stereocenters. The van der Waals surface area contributed by atoms with Gasteiger partial charge in [0.15, 0.2) is 0 Å². The first kappa shape index (κ1) is 15.8. The number of ether oxygens (including phenoxy) is 1. The molecular weight excluding hydrogens is 330 g/mol. The molecule has 0 saturated carbocycles. The van der Waals surface area contributed by atoms with Crippen LogP contribution in [0.3, 0.4) is 0 Å². The van der Waals surface area contributed by atoms with Gasteiger partial charge in [-0.15, -0.1) is 10.2 Å². The highest BCUT2D eigenvalue weighted by Gasteiger charge is 2.13. The minimum atomic E-state index is 0.632. The Balaban J connectivity index is 2.13. The van der Waals surface area contributed by atoms with E-state index in [1.807, 2.05) is 54.8 Å². The average molecular weight is 344 g/mol. The van der Waals surface area contributed by atoms with Gasteiger partial charge in [0, 0.05) is 16.1 Å². The maximum atomic E-state index is 5.98. The van der Waals surface area contributed by atoms with Gasteiger partial charge in [-0.2, -0.15) is 0 Å². The van der Waals surface area contributed by atoms with Gasteiger partial charge in [0.25, 0.3) is 0 Å². The summed E-state index contributed by atoms with van der Waals surface area (Å²) in [5.74, 6) is 0.795. The molecule has 0 fully saturated rings. The van der Waals surface area contributed by atoms with E-state index in [0.29, 0.717) is 10.2 Å². The van der Waals surface area contributed by atoms with Gasteiger partial charge >= 0.3 is 0 Å². The van der Waals surface area contributed by atoms with Crippen molar-refractivity contribution in [1.29, 1.82) is 0 Å². The van der Waals surface area contributed by atoms with Gasteiger partial charge in [0.2, 0.25) is 5.16 Å². The smallest absolute Gasteiger partial charge is 0.209 e. The fraction of sp³-hybridized carbons (Fsp3) is 0.118. The largest absolute Gasteiger partial charge is 0.497 e. The Kier molecular flexibility index (Phi) is 4.79. The fourth-order valence-electron chi connectivity index (χ4n) is 2.15. The predicted octanol–water partition coefficient (Wildman–Crippen LogP) is 4.59. The van der Waals surface area contributed by atoms with Crippen LogP contribution in [-0.2, 0) is 0 Å². The molecule has 1 aromatic heterocycles. The van der Waals surface area contributed by atoms with E-state index in [-0.39, 0.29) is 0 Å². The quantitative estimate of drug-likeness (QED) is 0.648. The Bertz CT molecular complexity index is 807. The number of thioether (sulfide) groups is 1. The highest BCUT2D eigenvalue weighted by Crippen LogP contribution is 2.31. The molecule has 0 amide bonds. The van der Waals surface area contributed by atoms with Crippen LogP contribution in [0.15, 0.2) is 53.7 Å². The lowest BCUT2D eigenvalue weighted by Gasteiger charge is -2.09. The van der Waals surface area contributed by atoms with Crippen molar-refractivity contribution in [3.05, 3.63) is 53.6 Å². The van der Waals surface area contributed by atoms with Gasteiger partial charge in [-0.1, -0.05) is 35.5 Å². The van der Waals surface area contributed by atoms with Crippen LogP contribution in [-0.4, -0.2) is 28.5 Å². The van der Waals surface area contributed by atoms with Crippen LogP contribution < -0.4 is 4.74 Å². The normalized spacial score (nSPS) is 10.6. The molecule has 0 saturated heterocycles. The summed E-state index contributed by atoms with van der Waals surface area (Å²) in [6.45, 7) is 0. The summed E-state index contributed by atoms with van der Waals surface area (Å²) in [7, 11) is 1.64. The van der Waals surface area contributed by atoms with Gasteiger partial charge < -0.3 is 4.74 Å². The Morgan fingerprint density at radius 1 is 0.870 bits per heavy atom. The number of methoxy groups -OCH3 is 1. The van der Waals surface area contributed by atoms with Crippen LogP contribution in [0.4, 0.5) is 0 Å². The molecule has 0 aliphatic heterocycles. The number of hydrogen-bond donors (Lipinski definition) is 0. The van der Waals surface area contributed by atoms with E-state index in [2.05, 4.69) is 15.2 Å². The second-order valence-corrected chi connectivity index (χ2v) is 5.94. The van der Waals surface area contributed by atoms with Crippen molar-refractivity contribution in [2.24, 2.45) is 0 Å². The molecule has 1 heterocycles. The summed E-state index contributed by atoms with van der Waals surface area (Å²) in [4.78, 5) is 4.63. The van der Waals surface area contributed by atoms with Crippen molar-refractivity contribution in [3.63, 3.8) is 0 Å². The maximum Gasteiger partial charge on any atom is 0.209 e. The van der Waals surface area contributed by atoms with Crippen LogP contribution in [0.25, 0.3) is 22.5 Å². The van der Waals surface area contributed by atoms with Gasteiger partial charge in [0.1, 0.15) is 17.1 Å². The van der Waals surface area contributed by atoms with Crippen molar-refractivity contribution in [2.75, 3.05) is 13.4 Å². The zero-order valence-corrected chi connectivity index (χ0v) is 14.2. The van der Waals surface area contributed by atoms with Gasteiger partial charge in [0.05, 0.1) is 7.11 Å². The molecule has 2 aromatic carbocycles. The molecule has 0 aliphatic rings.